The van der Waals surface area contributed by atoms with E-state index in [1.807, 2.05) is 38.2 Å². The van der Waals surface area contributed by atoms with Crippen LogP contribution in [-0.4, -0.2) is 52.5 Å². The summed E-state index contributed by atoms with van der Waals surface area (Å²) in [6, 6.07) is 7.89. The molecular weight excluding hydrogens is 306 g/mol. The maximum atomic E-state index is 12.3. The Morgan fingerprint density at radius 3 is 2.88 bits per heavy atom. The average molecular weight is 329 g/mol. The molecular formula is C17H23N5O2. The van der Waals surface area contributed by atoms with E-state index in [1.54, 1.807) is 15.9 Å². The van der Waals surface area contributed by atoms with Gasteiger partial charge in [-0.1, -0.05) is 12.1 Å². The molecule has 7 nitrogen and oxygen atoms in total. The summed E-state index contributed by atoms with van der Waals surface area (Å²) in [6.07, 6.45) is 4.18. The Morgan fingerprint density at radius 2 is 2.25 bits per heavy atom. The van der Waals surface area contributed by atoms with Crippen molar-refractivity contribution in [2.24, 2.45) is 5.92 Å². The Morgan fingerprint density at radius 1 is 1.46 bits per heavy atom. The second kappa shape index (κ2) is 7.44. The maximum absolute atomic E-state index is 12.3. The summed E-state index contributed by atoms with van der Waals surface area (Å²) in [5.74, 6) is 0.430. The van der Waals surface area contributed by atoms with Gasteiger partial charge < -0.3 is 15.0 Å². The first-order chi connectivity index (χ1) is 11.6. The summed E-state index contributed by atoms with van der Waals surface area (Å²) in [7, 11) is 1.82. The lowest BCUT2D eigenvalue weighted by atomic mass is 10.1. The van der Waals surface area contributed by atoms with Crippen molar-refractivity contribution in [3.05, 3.63) is 42.5 Å². The van der Waals surface area contributed by atoms with Gasteiger partial charge in [0, 0.05) is 26.1 Å². The molecule has 0 bridgehead atoms. The monoisotopic (exact) mass is 329 g/mol. The number of ether oxygens (including phenoxy) is 1. The molecule has 2 atom stereocenters. The molecule has 1 N–H and O–H groups in total. The number of carbonyl (C=O) groups excluding carboxylic acids is 1. The largest absolute Gasteiger partial charge is 0.381 e. The van der Waals surface area contributed by atoms with Crippen molar-refractivity contribution < 1.29 is 9.53 Å². The summed E-state index contributed by atoms with van der Waals surface area (Å²) in [4.78, 5) is 18.0. The van der Waals surface area contributed by atoms with E-state index in [0.29, 0.717) is 12.5 Å². The summed E-state index contributed by atoms with van der Waals surface area (Å²) in [5.41, 5.74) is 2.01. The van der Waals surface area contributed by atoms with Crippen molar-refractivity contribution in [1.29, 1.82) is 0 Å². The van der Waals surface area contributed by atoms with Crippen LogP contribution in [0.1, 0.15) is 24.9 Å². The van der Waals surface area contributed by atoms with Crippen LogP contribution in [0.3, 0.4) is 0 Å². The lowest BCUT2D eigenvalue weighted by Crippen LogP contribution is -2.40. The van der Waals surface area contributed by atoms with Crippen LogP contribution >= 0.6 is 0 Å². The SMILES string of the molecule is C[C@@H](c1ccc(-n2cncn2)cc1)N(C)C(=O)NC[C@@H]1CCOC1. The Bertz CT molecular complexity index is 650. The molecule has 1 aliphatic rings. The minimum absolute atomic E-state index is 0.0189. The van der Waals surface area contributed by atoms with Crippen molar-refractivity contribution in [2.75, 3.05) is 26.8 Å². The number of carbonyl (C=O) groups is 1. The van der Waals surface area contributed by atoms with E-state index in [-0.39, 0.29) is 12.1 Å². The van der Waals surface area contributed by atoms with Gasteiger partial charge in [-0.15, -0.1) is 0 Å². The first-order valence-electron chi connectivity index (χ1n) is 8.18. The fourth-order valence-corrected chi connectivity index (χ4v) is 2.75. The van der Waals surface area contributed by atoms with Gasteiger partial charge in [-0.3, -0.25) is 0 Å². The Hall–Kier alpha value is -2.41. The highest BCUT2D eigenvalue weighted by atomic mass is 16.5. The number of urea groups is 1. The van der Waals surface area contributed by atoms with Gasteiger partial charge in [0.05, 0.1) is 18.3 Å². The first-order valence-corrected chi connectivity index (χ1v) is 8.18. The molecule has 3 rings (SSSR count). The first kappa shape index (κ1) is 16.4. The molecule has 1 aromatic carbocycles. The summed E-state index contributed by atoms with van der Waals surface area (Å²) in [6.45, 7) is 4.22. The van der Waals surface area contributed by atoms with E-state index in [4.69, 9.17) is 4.74 Å². The molecule has 0 radical (unpaired) electrons. The van der Waals surface area contributed by atoms with E-state index in [9.17, 15) is 4.79 Å². The highest BCUT2D eigenvalue weighted by Crippen LogP contribution is 2.20. The number of benzene rings is 1. The summed E-state index contributed by atoms with van der Waals surface area (Å²) < 4.78 is 7.03. The van der Waals surface area contributed by atoms with Crippen LogP contribution in [0, 0.1) is 5.92 Å². The molecule has 2 heterocycles. The van der Waals surface area contributed by atoms with Crippen LogP contribution in [0.25, 0.3) is 5.69 Å². The van der Waals surface area contributed by atoms with E-state index in [1.165, 1.54) is 6.33 Å². The van der Waals surface area contributed by atoms with Crippen molar-refractivity contribution in [3.63, 3.8) is 0 Å². The van der Waals surface area contributed by atoms with E-state index < -0.39 is 0 Å². The topological polar surface area (TPSA) is 72.3 Å². The van der Waals surface area contributed by atoms with Crippen molar-refractivity contribution >= 4 is 6.03 Å². The van der Waals surface area contributed by atoms with Gasteiger partial charge in [0.2, 0.25) is 0 Å². The Kier molecular flexibility index (Phi) is 5.10. The van der Waals surface area contributed by atoms with Crippen LogP contribution < -0.4 is 5.32 Å². The van der Waals surface area contributed by atoms with Crippen molar-refractivity contribution in [2.45, 2.75) is 19.4 Å². The summed E-state index contributed by atoms with van der Waals surface area (Å²) >= 11 is 0. The fourth-order valence-electron chi connectivity index (χ4n) is 2.75. The fraction of sp³-hybridized carbons (Fsp3) is 0.471. The van der Waals surface area contributed by atoms with E-state index >= 15 is 0 Å². The number of rotatable bonds is 5. The molecule has 2 amide bonds. The third-order valence-corrected chi connectivity index (χ3v) is 4.53. The van der Waals surface area contributed by atoms with Crippen LogP contribution in [-0.2, 0) is 4.74 Å². The smallest absolute Gasteiger partial charge is 0.317 e. The van der Waals surface area contributed by atoms with Crippen LogP contribution in [0.2, 0.25) is 0 Å². The third kappa shape index (κ3) is 3.73. The quantitative estimate of drug-likeness (QED) is 0.911. The molecule has 0 saturated carbocycles. The standard InChI is InChI=1S/C17H23N5O2/c1-13(21(2)17(23)19-9-14-7-8-24-10-14)15-3-5-16(6-4-15)22-12-18-11-20-22/h3-6,11-14H,7-10H2,1-2H3,(H,19,23)/t13-,14-/m0/s1. The minimum atomic E-state index is -0.0604. The molecule has 0 unspecified atom stereocenters. The highest BCUT2D eigenvalue weighted by Gasteiger charge is 2.20. The number of hydrogen-bond acceptors (Lipinski definition) is 4. The molecule has 128 valence electrons. The molecule has 24 heavy (non-hydrogen) atoms. The highest BCUT2D eigenvalue weighted by molar-refractivity contribution is 5.74. The molecule has 1 fully saturated rings. The zero-order chi connectivity index (χ0) is 16.9. The van der Waals surface area contributed by atoms with Gasteiger partial charge in [0.1, 0.15) is 12.7 Å². The predicted octanol–water partition coefficient (Wildman–Crippen LogP) is 2.01. The Balaban J connectivity index is 1.57. The molecule has 0 spiro atoms. The number of nitrogens with zero attached hydrogens (tertiary/aromatic N) is 4. The maximum Gasteiger partial charge on any atom is 0.317 e. The summed E-state index contributed by atoms with van der Waals surface area (Å²) in [5, 5.41) is 7.10. The normalized spacial score (nSPS) is 18.3. The van der Waals surface area contributed by atoms with Gasteiger partial charge in [-0.25, -0.2) is 14.5 Å². The molecule has 1 aliphatic heterocycles. The Labute approximate surface area is 141 Å². The third-order valence-electron chi connectivity index (χ3n) is 4.53. The van der Waals surface area contributed by atoms with Gasteiger partial charge in [-0.2, -0.15) is 5.10 Å². The number of hydrogen-bond donors (Lipinski definition) is 1. The van der Waals surface area contributed by atoms with Gasteiger partial charge >= 0.3 is 6.03 Å². The van der Waals surface area contributed by atoms with Crippen LogP contribution in [0.4, 0.5) is 4.79 Å². The van der Waals surface area contributed by atoms with Gasteiger partial charge in [0.15, 0.2) is 0 Å². The minimum Gasteiger partial charge on any atom is -0.381 e. The molecule has 7 heteroatoms. The number of aromatic nitrogens is 3. The van der Waals surface area contributed by atoms with Crippen molar-refractivity contribution in [1.82, 2.24) is 25.0 Å². The van der Waals surface area contributed by atoms with Gasteiger partial charge in [0.25, 0.3) is 0 Å². The second-order valence-electron chi connectivity index (χ2n) is 6.13. The van der Waals surface area contributed by atoms with Crippen molar-refractivity contribution in [3.8, 4) is 5.69 Å². The van der Waals surface area contributed by atoms with E-state index in [0.717, 1.165) is 30.9 Å². The zero-order valence-corrected chi connectivity index (χ0v) is 14.1. The van der Waals surface area contributed by atoms with E-state index in [2.05, 4.69) is 15.4 Å². The average Bonchev–Trinajstić information content (AvgIpc) is 3.32. The van der Waals surface area contributed by atoms with Gasteiger partial charge in [-0.05, 0) is 31.0 Å². The number of nitrogens with one attached hydrogen (secondary N) is 1. The second-order valence-corrected chi connectivity index (χ2v) is 6.13. The predicted molar refractivity (Wildman–Crippen MR) is 89.9 cm³/mol. The molecule has 1 aromatic heterocycles. The molecule has 0 aliphatic carbocycles. The lowest BCUT2D eigenvalue weighted by Gasteiger charge is -2.26. The van der Waals surface area contributed by atoms with Crippen LogP contribution in [0.15, 0.2) is 36.9 Å². The molecule has 2 aromatic rings. The van der Waals surface area contributed by atoms with Crippen LogP contribution in [0.5, 0.6) is 0 Å². The molecule has 1 saturated heterocycles. The number of amides is 2. The lowest BCUT2D eigenvalue weighted by molar-refractivity contribution is 0.179. The zero-order valence-electron chi connectivity index (χ0n) is 14.1.